The number of unbranched alkanes of at least 4 members (excludes halogenated alkanes) is 1. The second-order valence-corrected chi connectivity index (χ2v) is 6.82. The average Bonchev–Trinajstić information content (AvgIpc) is 3.05. The van der Waals surface area contributed by atoms with Crippen LogP contribution in [0.3, 0.4) is 0 Å². The summed E-state index contributed by atoms with van der Waals surface area (Å²) in [5.74, 6) is 0.780. The van der Waals surface area contributed by atoms with Gasteiger partial charge in [0.2, 0.25) is 0 Å². The number of aryl methyl sites for hydroxylation is 3. The highest BCUT2D eigenvalue weighted by Crippen LogP contribution is 2.26. The Bertz CT molecular complexity index is 1080. The van der Waals surface area contributed by atoms with Crippen LogP contribution in [0.15, 0.2) is 24.4 Å². The third kappa shape index (κ3) is 3.81. The maximum atomic E-state index is 12.1. The van der Waals surface area contributed by atoms with E-state index in [0.717, 1.165) is 34.9 Å². The summed E-state index contributed by atoms with van der Waals surface area (Å²) in [5.41, 5.74) is 4.38. The predicted molar refractivity (Wildman–Crippen MR) is 108 cm³/mol. The maximum absolute atomic E-state index is 12.1. The number of nitriles is 1. The predicted octanol–water partition coefficient (Wildman–Crippen LogP) is 4.57. The summed E-state index contributed by atoms with van der Waals surface area (Å²) < 4.78 is 6.62. The van der Waals surface area contributed by atoms with Crippen molar-refractivity contribution in [3.8, 4) is 11.9 Å². The zero-order valence-corrected chi connectivity index (χ0v) is 16.5. The molecule has 2 aromatic heterocycles. The highest BCUT2D eigenvalue weighted by molar-refractivity contribution is 5.88. The largest absolute Gasteiger partial charge is 0.449 e. The Hall–Kier alpha value is -3.40. The second-order valence-electron chi connectivity index (χ2n) is 6.82. The number of hydrogen-bond acceptors (Lipinski definition) is 5. The van der Waals surface area contributed by atoms with Gasteiger partial charge in [-0.1, -0.05) is 25.0 Å². The van der Waals surface area contributed by atoms with Gasteiger partial charge in [0.15, 0.2) is 11.6 Å². The monoisotopic (exact) mass is 377 g/mol. The van der Waals surface area contributed by atoms with Gasteiger partial charge in [0.05, 0.1) is 18.3 Å². The number of ether oxygens (including phenoxy) is 1. The minimum atomic E-state index is -0.615. The van der Waals surface area contributed by atoms with Gasteiger partial charge in [-0.15, -0.1) is 0 Å². The van der Waals surface area contributed by atoms with E-state index in [1.165, 1.54) is 16.4 Å². The van der Waals surface area contributed by atoms with Crippen LogP contribution in [0.25, 0.3) is 16.7 Å². The highest BCUT2D eigenvalue weighted by Gasteiger charge is 2.18. The molecule has 7 heteroatoms. The van der Waals surface area contributed by atoms with E-state index in [1.807, 2.05) is 32.9 Å². The molecule has 0 atom stereocenters. The summed E-state index contributed by atoms with van der Waals surface area (Å²) in [4.78, 5) is 16.8. The lowest BCUT2D eigenvalue weighted by Gasteiger charge is -2.13. The first-order valence-electron chi connectivity index (χ1n) is 9.25. The van der Waals surface area contributed by atoms with Crippen molar-refractivity contribution in [1.82, 2.24) is 14.8 Å². The van der Waals surface area contributed by atoms with Gasteiger partial charge >= 0.3 is 6.09 Å². The van der Waals surface area contributed by atoms with Crippen LogP contribution in [0.4, 0.5) is 10.6 Å². The molecule has 0 aliphatic carbocycles. The molecule has 0 unspecified atom stereocenters. The van der Waals surface area contributed by atoms with Gasteiger partial charge in [-0.25, -0.2) is 9.78 Å². The number of nitrogens with one attached hydrogen (secondary N) is 1. The number of amides is 1. The van der Waals surface area contributed by atoms with E-state index in [-0.39, 0.29) is 11.4 Å². The summed E-state index contributed by atoms with van der Waals surface area (Å²) in [5, 5.41) is 17.4. The summed E-state index contributed by atoms with van der Waals surface area (Å²) in [6.45, 7) is 8.41. The molecule has 1 N–H and O–H groups in total. The molecule has 1 amide bonds. The van der Waals surface area contributed by atoms with E-state index in [2.05, 4.69) is 29.5 Å². The van der Waals surface area contributed by atoms with Gasteiger partial charge in [0.25, 0.3) is 0 Å². The van der Waals surface area contributed by atoms with Crippen molar-refractivity contribution in [3.63, 3.8) is 0 Å². The van der Waals surface area contributed by atoms with Crippen LogP contribution in [-0.4, -0.2) is 27.5 Å². The first kappa shape index (κ1) is 19.4. The standard InChI is InChI=1S/C21H23N5O2/c1-5-6-7-28-21(27)25-20-16(11-22)12-23-26(20)18-10-14(3)17-9-13(2)8-15(4)19(17)24-18/h8-10,12H,5-7H2,1-4H3,(H,25,27). The van der Waals surface area contributed by atoms with Crippen LogP contribution in [-0.2, 0) is 4.74 Å². The number of rotatable bonds is 5. The van der Waals surface area contributed by atoms with Crippen molar-refractivity contribution in [2.24, 2.45) is 0 Å². The van der Waals surface area contributed by atoms with Crippen molar-refractivity contribution < 1.29 is 9.53 Å². The van der Waals surface area contributed by atoms with Crippen molar-refractivity contribution in [1.29, 1.82) is 5.26 Å². The minimum Gasteiger partial charge on any atom is -0.449 e. The fraction of sp³-hybridized carbons (Fsp3) is 0.333. The molecule has 0 saturated heterocycles. The maximum Gasteiger partial charge on any atom is 0.412 e. The first-order valence-corrected chi connectivity index (χ1v) is 9.25. The molecule has 2 heterocycles. The van der Waals surface area contributed by atoms with E-state index in [1.54, 1.807) is 0 Å². The molecule has 0 radical (unpaired) electrons. The molecule has 0 spiro atoms. The number of benzene rings is 1. The Morgan fingerprint density at radius 3 is 2.75 bits per heavy atom. The van der Waals surface area contributed by atoms with Crippen LogP contribution in [0, 0.1) is 32.1 Å². The van der Waals surface area contributed by atoms with Crippen LogP contribution in [0.5, 0.6) is 0 Å². The van der Waals surface area contributed by atoms with E-state index in [0.29, 0.717) is 12.4 Å². The number of aromatic nitrogens is 3. The molecule has 28 heavy (non-hydrogen) atoms. The van der Waals surface area contributed by atoms with E-state index >= 15 is 0 Å². The van der Waals surface area contributed by atoms with Gasteiger partial charge < -0.3 is 4.74 Å². The minimum absolute atomic E-state index is 0.243. The van der Waals surface area contributed by atoms with Gasteiger partial charge in [-0.05, 0) is 50.5 Å². The van der Waals surface area contributed by atoms with Gasteiger partial charge in [-0.3, -0.25) is 5.32 Å². The van der Waals surface area contributed by atoms with Crippen molar-refractivity contribution >= 4 is 22.8 Å². The van der Waals surface area contributed by atoms with E-state index < -0.39 is 6.09 Å². The molecule has 0 bridgehead atoms. The summed E-state index contributed by atoms with van der Waals surface area (Å²) in [6, 6.07) is 8.12. The SMILES string of the molecule is CCCCOC(=O)Nc1c(C#N)cnn1-c1cc(C)c2cc(C)cc(C)c2n1. The third-order valence-electron chi connectivity index (χ3n) is 4.50. The lowest BCUT2D eigenvalue weighted by molar-refractivity contribution is 0.159. The van der Waals surface area contributed by atoms with Crippen LogP contribution < -0.4 is 5.32 Å². The molecule has 3 aromatic rings. The zero-order valence-electron chi connectivity index (χ0n) is 16.5. The topological polar surface area (TPSA) is 92.8 Å². The Morgan fingerprint density at radius 1 is 1.25 bits per heavy atom. The number of pyridine rings is 1. The number of carbonyl (C=O) groups excluding carboxylic acids is 1. The zero-order chi connectivity index (χ0) is 20.3. The molecular formula is C21H23N5O2. The summed E-state index contributed by atoms with van der Waals surface area (Å²) in [7, 11) is 0. The lowest BCUT2D eigenvalue weighted by Crippen LogP contribution is -2.18. The van der Waals surface area contributed by atoms with Crippen molar-refractivity contribution in [2.45, 2.75) is 40.5 Å². The van der Waals surface area contributed by atoms with Crippen molar-refractivity contribution in [3.05, 3.63) is 46.6 Å². The lowest BCUT2D eigenvalue weighted by atomic mass is 10.0. The fourth-order valence-corrected chi connectivity index (χ4v) is 3.10. The van der Waals surface area contributed by atoms with Gasteiger partial charge in [0.1, 0.15) is 11.6 Å². The molecule has 0 fully saturated rings. The molecule has 0 aliphatic rings. The van der Waals surface area contributed by atoms with Crippen LogP contribution in [0.2, 0.25) is 0 Å². The first-order chi connectivity index (χ1) is 13.4. The van der Waals surface area contributed by atoms with E-state index in [4.69, 9.17) is 9.72 Å². The quantitative estimate of drug-likeness (QED) is 0.658. The fourth-order valence-electron chi connectivity index (χ4n) is 3.10. The number of carbonyl (C=O) groups is 1. The molecular weight excluding hydrogens is 354 g/mol. The third-order valence-corrected chi connectivity index (χ3v) is 4.50. The number of nitrogens with zero attached hydrogens (tertiary/aromatic N) is 4. The Morgan fingerprint density at radius 2 is 2.04 bits per heavy atom. The smallest absolute Gasteiger partial charge is 0.412 e. The molecule has 144 valence electrons. The van der Waals surface area contributed by atoms with Crippen LogP contribution in [0.1, 0.15) is 42.0 Å². The second kappa shape index (κ2) is 8.09. The Balaban J connectivity index is 2.04. The van der Waals surface area contributed by atoms with Gasteiger partial charge in [-0.2, -0.15) is 15.0 Å². The number of hydrogen-bond donors (Lipinski definition) is 1. The normalized spacial score (nSPS) is 10.7. The Labute approximate surface area is 163 Å². The van der Waals surface area contributed by atoms with Gasteiger partial charge in [0, 0.05) is 5.39 Å². The van der Waals surface area contributed by atoms with Crippen LogP contribution >= 0.6 is 0 Å². The Kier molecular flexibility index (Phi) is 5.59. The molecule has 0 saturated carbocycles. The molecule has 3 rings (SSSR count). The molecule has 1 aromatic carbocycles. The summed E-state index contributed by atoms with van der Waals surface area (Å²) in [6.07, 6.45) is 2.50. The average molecular weight is 377 g/mol. The highest BCUT2D eigenvalue weighted by atomic mass is 16.5. The molecule has 0 aliphatic heterocycles. The molecule has 7 nitrogen and oxygen atoms in total. The number of fused-ring (bicyclic) bond motifs is 1. The van der Waals surface area contributed by atoms with Crippen molar-refractivity contribution in [2.75, 3.05) is 11.9 Å². The van der Waals surface area contributed by atoms with E-state index in [9.17, 15) is 10.1 Å². The number of anilines is 1. The summed E-state index contributed by atoms with van der Waals surface area (Å²) >= 11 is 0.